The zero-order chi connectivity index (χ0) is 24.2. The molecule has 7 nitrogen and oxygen atoms in total. The number of hydrogen-bond donors (Lipinski definition) is 2. The predicted octanol–water partition coefficient (Wildman–Crippen LogP) is 4.79. The van der Waals surface area contributed by atoms with Crippen LogP contribution in [0.1, 0.15) is 37.1 Å². The normalized spacial score (nSPS) is 23.6. The molecule has 180 valence electrons. The van der Waals surface area contributed by atoms with Crippen LogP contribution in [0.5, 0.6) is 11.5 Å². The maximum atomic E-state index is 14.4. The molecule has 3 fully saturated rings. The second-order valence-electron chi connectivity index (χ2n) is 9.74. The number of anilines is 1. The third-order valence-corrected chi connectivity index (χ3v) is 7.63. The van der Waals surface area contributed by atoms with E-state index in [1.54, 1.807) is 43.5 Å². The van der Waals surface area contributed by atoms with Gasteiger partial charge >= 0.3 is 0 Å². The highest BCUT2D eigenvalue weighted by atomic mass is 19.1. The second-order valence-corrected chi connectivity index (χ2v) is 9.74. The fourth-order valence-corrected chi connectivity index (χ4v) is 5.40. The van der Waals surface area contributed by atoms with Crippen molar-refractivity contribution in [1.82, 2.24) is 14.4 Å². The molecular weight excluding hydrogens is 447 g/mol. The standard InChI is InChI=1S/C27H27FN4O3/c1-17-3-2-4-20(21(17)28)35-19-7-5-18(6-8-19)22-23-24(29)30-13-14-32(23)25(31-22)26-9-11-27(15-33,12-10-26)34-16-26/h2-8,13-14,33H,9-12,15-16H2,1H3,(H2,29,30). The van der Waals surface area contributed by atoms with Crippen LogP contribution in [0, 0.1) is 12.7 Å². The van der Waals surface area contributed by atoms with Crippen molar-refractivity contribution in [1.29, 1.82) is 0 Å². The van der Waals surface area contributed by atoms with Crippen molar-refractivity contribution in [2.45, 2.75) is 43.6 Å². The highest BCUT2D eigenvalue weighted by Crippen LogP contribution is 2.50. The van der Waals surface area contributed by atoms with Crippen molar-refractivity contribution in [3.8, 4) is 22.8 Å². The van der Waals surface area contributed by atoms with E-state index >= 15 is 0 Å². The lowest BCUT2D eigenvalue weighted by Crippen LogP contribution is -2.55. The van der Waals surface area contributed by atoms with Crippen molar-refractivity contribution in [2.75, 3.05) is 18.9 Å². The maximum Gasteiger partial charge on any atom is 0.168 e. The highest BCUT2D eigenvalue weighted by molar-refractivity contribution is 5.85. The van der Waals surface area contributed by atoms with Crippen LogP contribution in [0.3, 0.4) is 0 Å². The number of nitrogens with zero attached hydrogens (tertiary/aromatic N) is 3. The number of ether oxygens (including phenoxy) is 2. The molecule has 0 radical (unpaired) electrons. The molecule has 3 N–H and O–H groups in total. The summed E-state index contributed by atoms with van der Waals surface area (Å²) in [5.41, 5.74) is 8.56. The number of fused-ring (bicyclic) bond motifs is 4. The van der Waals surface area contributed by atoms with Crippen LogP contribution in [0.4, 0.5) is 10.2 Å². The zero-order valence-electron chi connectivity index (χ0n) is 19.5. The predicted molar refractivity (Wildman–Crippen MR) is 130 cm³/mol. The van der Waals surface area contributed by atoms with E-state index in [2.05, 4.69) is 4.98 Å². The molecule has 1 saturated carbocycles. The monoisotopic (exact) mass is 474 g/mol. The van der Waals surface area contributed by atoms with Crippen molar-refractivity contribution in [3.05, 3.63) is 72.1 Å². The molecule has 8 heteroatoms. The van der Waals surface area contributed by atoms with Crippen LogP contribution in [-0.4, -0.2) is 38.3 Å². The number of aryl methyl sites for hydroxylation is 1. The molecule has 2 aliphatic heterocycles. The first-order valence-electron chi connectivity index (χ1n) is 11.8. The van der Waals surface area contributed by atoms with Gasteiger partial charge in [-0.05, 0) is 68.5 Å². The second kappa shape index (κ2) is 8.03. The summed E-state index contributed by atoms with van der Waals surface area (Å²) in [6.45, 7) is 2.27. The van der Waals surface area contributed by atoms with Crippen LogP contribution in [-0.2, 0) is 10.2 Å². The van der Waals surface area contributed by atoms with Crippen molar-refractivity contribution in [2.24, 2.45) is 0 Å². The molecule has 2 saturated heterocycles. The highest BCUT2D eigenvalue weighted by Gasteiger charge is 2.52. The van der Waals surface area contributed by atoms with E-state index in [9.17, 15) is 9.50 Å². The van der Waals surface area contributed by atoms with Gasteiger partial charge in [0.15, 0.2) is 11.6 Å². The minimum atomic E-state index is -0.412. The molecule has 0 atom stereocenters. The van der Waals surface area contributed by atoms with Gasteiger partial charge in [-0.1, -0.05) is 12.1 Å². The van der Waals surface area contributed by atoms with E-state index in [-0.39, 0.29) is 23.6 Å². The lowest BCUT2D eigenvalue weighted by molar-refractivity contribution is -0.177. The van der Waals surface area contributed by atoms with Gasteiger partial charge in [0, 0.05) is 18.0 Å². The average Bonchev–Trinajstić information content (AvgIpc) is 3.30. The number of hydrogen-bond acceptors (Lipinski definition) is 6. The maximum absolute atomic E-state index is 14.4. The smallest absolute Gasteiger partial charge is 0.168 e. The van der Waals surface area contributed by atoms with Crippen LogP contribution in [0.15, 0.2) is 54.9 Å². The summed E-state index contributed by atoms with van der Waals surface area (Å²) in [4.78, 5) is 9.41. The first-order chi connectivity index (χ1) is 16.9. The number of aromatic nitrogens is 3. The Morgan fingerprint density at radius 3 is 2.60 bits per heavy atom. The molecule has 35 heavy (non-hydrogen) atoms. The number of benzene rings is 2. The van der Waals surface area contributed by atoms with E-state index < -0.39 is 5.60 Å². The average molecular weight is 475 g/mol. The third kappa shape index (κ3) is 3.47. The van der Waals surface area contributed by atoms with E-state index in [0.29, 0.717) is 23.7 Å². The number of aliphatic hydroxyl groups is 1. The Balaban J connectivity index is 1.38. The number of imidazole rings is 1. The Labute approximate surface area is 202 Å². The molecular formula is C27H27FN4O3. The van der Waals surface area contributed by atoms with Gasteiger partial charge < -0.3 is 20.3 Å². The number of rotatable bonds is 5. The molecule has 2 aromatic heterocycles. The number of halogens is 1. The van der Waals surface area contributed by atoms with Gasteiger partial charge in [0.1, 0.15) is 28.6 Å². The largest absolute Gasteiger partial charge is 0.454 e. The topological polar surface area (TPSA) is 94.9 Å². The molecule has 0 amide bonds. The summed E-state index contributed by atoms with van der Waals surface area (Å²) in [6.07, 6.45) is 6.97. The van der Waals surface area contributed by atoms with Gasteiger partial charge in [-0.15, -0.1) is 0 Å². The van der Waals surface area contributed by atoms with Gasteiger partial charge in [0.2, 0.25) is 0 Å². The van der Waals surface area contributed by atoms with Crippen molar-refractivity contribution >= 4 is 11.3 Å². The van der Waals surface area contributed by atoms with Gasteiger partial charge in [0.25, 0.3) is 0 Å². The van der Waals surface area contributed by atoms with Crippen LogP contribution in [0.25, 0.3) is 16.8 Å². The lowest BCUT2D eigenvalue weighted by Gasteiger charge is -2.51. The van der Waals surface area contributed by atoms with Gasteiger partial charge in [-0.2, -0.15) is 0 Å². The Kier molecular flexibility index (Phi) is 5.05. The van der Waals surface area contributed by atoms with Crippen LogP contribution < -0.4 is 10.5 Å². The summed E-state index contributed by atoms with van der Waals surface area (Å²) in [5.74, 6) is 1.66. The molecule has 4 aromatic rings. The Morgan fingerprint density at radius 2 is 1.91 bits per heavy atom. The van der Waals surface area contributed by atoms with Gasteiger partial charge in [-0.25, -0.2) is 14.4 Å². The fourth-order valence-electron chi connectivity index (χ4n) is 5.40. The fraction of sp³-hybridized carbons (Fsp3) is 0.333. The number of nitrogen functional groups attached to an aromatic ring is 1. The Morgan fingerprint density at radius 1 is 1.14 bits per heavy atom. The summed E-state index contributed by atoms with van der Waals surface area (Å²) >= 11 is 0. The van der Waals surface area contributed by atoms with Gasteiger partial charge in [0.05, 0.1) is 24.2 Å². The number of aliphatic hydroxyl groups excluding tert-OH is 1. The molecule has 0 spiro atoms. The van der Waals surface area contributed by atoms with E-state index in [4.69, 9.17) is 20.2 Å². The first kappa shape index (κ1) is 22.0. The van der Waals surface area contributed by atoms with Crippen LogP contribution >= 0.6 is 0 Å². The first-order valence-corrected chi connectivity index (χ1v) is 11.8. The third-order valence-electron chi connectivity index (χ3n) is 7.63. The SMILES string of the molecule is Cc1cccc(Oc2ccc(-c3nc(C45CCC(CO)(CC4)OC5)n4ccnc(N)c34)cc2)c1F. The quantitative estimate of drug-likeness (QED) is 0.432. The summed E-state index contributed by atoms with van der Waals surface area (Å²) in [7, 11) is 0. The van der Waals surface area contributed by atoms with E-state index in [1.807, 2.05) is 22.7 Å². The minimum Gasteiger partial charge on any atom is -0.454 e. The summed E-state index contributed by atoms with van der Waals surface area (Å²) in [6, 6.07) is 12.5. The molecule has 3 aliphatic rings. The molecule has 1 aliphatic carbocycles. The lowest BCUT2D eigenvalue weighted by atomic mass is 9.66. The Bertz CT molecular complexity index is 1390. The molecule has 2 bridgehead atoms. The van der Waals surface area contributed by atoms with Gasteiger partial charge in [-0.3, -0.25) is 4.40 Å². The van der Waals surface area contributed by atoms with E-state index in [0.717, 1.165) is 48.3 Å². The molecule has 4 heterocycles. The summed E-state index contributed by atoms with van der Waals surface area (Å²) < 4.78 is 28.3. The van der Waals surface area contributed by atoms with E-state index in [1.165, 1.54) is 0 Å². The molecule has 7 rings (SSSR count). The molecule has 0 unspecified atom stereocenters. The molecule has 2 aromatic carbocycles. The van der Waals surface area contributed by atoms with Crippen molar-refractivity contribution < 1.29 is 19.0 Å². The zero-order valence-corrected chi connectivity index (χ0v) is 19.5. The van der Waals surface area contributed by atoms with Crippen molar-refractivity contribution in [3.63, 3.8) is 0 Å². The van der Waals surface area contributed by atoms with Crippen LogP contribution in [0.2, 0.25) is 0 Å². The minimum absolute atomic E-state index is 0.0500. The number of nitrogens with two attached hydrogens (primary N) is 1. The Hall–Kier alpha value is -3.49. The summed E-state index contributed by atoms with van der Waals surface area (Å²) in [5, 5.41) is 9.82.